The molecule has 2 unspecified atom stereocenters. The number of hydrogen-bond donors (Lipinski definition) is 0. The first kappa shape index (κ1) is 15.5. The van der Waals surface area contributed by atoms with Crippen molar-refractivity contribution in [1.82, 2.24) is 0 Å². The molecule has 21 heavy (non-hydrogen) atoms. The van der Waals surface area contributed by atoms with Crippen LogP contribution in [-0.4, -0.2) is 35.9 Å². The van der Waals surface area contributed by atoms with Gasteiger partial charge in [-0.15, -0.1) is 11.8 Å². The van der Waals surface area contributed by atoms with E-state index in [-0.39, 0.29) is 23.4 Å². The van der Waals surface area contributed by atoms with Crippen LogP contribution in [0, 0.1) is 0 Å². The number of ether oxygens (including phenoxy) is 1. The lowest BCUT2D eigenvalue weighted by atomic mass is 9.90. The van der Waals surface area contributed by atoms with Crippen LogP contribution in [0.5, 0.6) is 0 Å². The Bertz CT molecular complexity index is 568. The molecule has 0 spiro atoms. The third-order valence-corrected chi connectivity index (χ3v) is 4.74. The molecule has 1 aliphatic rings. The van der Waals surface area contributed by atoms with Gasteiger partial charge >= 0.3 is 5.97 Å². The predicted molar refractivity (Wildman–Crippen MR) is 83.8 cm³/mol. The molecular formula is C16H17NO3S. The number of rotatable bonds is 6. The molecule has 0 radical (unpaired) electrons. The number of allylic oxidation sites excluding steroid dienone is 1. The number of nitrogens with zero attached hydrogens (tertiary/aromatic N) is 1. The molecule has 110 valence electrons. The first-order valence-corrected chi connectivity index (χ1v) is 7.49. The zero-order valence-electron chi connectivity index (χ0n) is 12.0. The first-order valence-electron chi connectivity index (χ1n) is 6.61. The molecule has 5 heteroatoms. The van der Waals surface area contributed by atoms with Crippen LogP contribution in [0.25, 0.3) is 0 Å². The van der Waals surface area contributed by atoms with Gasteiger partial charge < -0.3 is 4.74 Å². The molecular weight excluding hydrogens is 286 g/mol. The Labute approximate surface area is 128 Å². The summed E-state index contributed by atoms with van der Waals surface area (Å²) in [4.78, 5) is 29.2. The summed E-state index contributed by atoms with van der Waals surface area (Å²) in [5, 5.41) is -0.333. The van der Waals surface area contributed by atoms with Gasteiger partial charge in [0.2, 0.25) is 0 Å². The second-order valence-electron chi connectivity index (χ2n) is 4.72. The highest BCUT2D eigenvalue weighted by molar-refractivity contribution is 8.00. The van der Waals surface area contributed by atoms with Crippen molar-refractivity contribution < 1.29 is 14.3 Å². The summed E-state index contributed by atoms with van der Waals surface area (Å²) in [5.74, 6) is -0.426. The van der Waals surface area contributed by atoms with E-state index >= 15 is 0 Å². The van der Waals surface area contributed by atoms with Crippen LogP contribution in [-0.2, 0) is 14.3 Å². The molecule has 4 nitrogen and oxygen atoms in total. The van der Waals surface area contributed by atoms with Crippen molar-refractivity contribution in [1.29, 1.82) is 0 Å². The van der Waals surface area contributed by atoms with Gasteiger partial charge in [-0.1, -0.05) is 18.2 Å². The Morgan fingerprint density at radius 1 is 1.33 bits per heavy atom. The second kappa shape index (κ2) is 6.72. The van der Waals surface area contributed by atoms with Gasteiger partial charge in [-0.2, -0.15) is 0 Å². The molecule has 0 amide bonds. The SMILES string of the molecule is COC(=O)CC(Sc1ccccc1)C1(C(C)=O)C=CC=N1. The summed E-state index contributed by atoms with van der Waals surface area (Å²) < 4.78 is 4.76. The van der Waals surface area contributed by atoms with E-state index in [1.54, 1.807) is 18.4 Å². The summed E-state index contributed by atoms with van der Waals surface area (Å²) in [6.07, 6.45) is 5.24. The predicted octanol–water partition coefficient (Wildman–Crippen LogP) is 2.68. The van der Waals surface area contributed by atoms with Crippen LogP contribution in [0.15, 0.2) is 52.4 Å². The highest BCUT2D eigenvalue weighted by Gasteiger charge is 2.43. The number of carbonyl (C=O) groups is 2. The van der Waals surface area contributed by atoms with Gasteiger partial charge in [0.1, 0.15) is 5.54 Å². The lowest BCUT2D eigenvalue weighted by molar-refractivity contribution is -0.140. The van der Waals surface area contributed by atoms with Crippen LogP contribution < -0.4 is 0 Å². The van der Waals surface area contributed by atoms with Gasteiger partial charge in [0.05, 0.1) is 18.8 Å². The fourth-order valence-corrected chi connectivity index (χ4v) is 3.56. The standard InChI is InChI=1S/C16H17NO3S/c1-12(18)16(9-6-10-17-16)14(11-15(19)20-2)21-13-7-4-3-5-8-13/h3-10,14H,11H2,1-2H3. The maximum atomic E-state index is 12.1. The first-order chi connectivity index (χ1) is 10.1. The molecule has 0 saturated carbocycles. The molecule has 1 aliphatic heterocycles. The van der Waals surface area contributed by atoms with Crippen molar-refractivity contribution >= 4 is 29.7 Å². The summed E-state index contributed by atoms with van der Waals surface area (Å²) >= 11 is 1.47. The third-order valence-electron chi connectivity index (χ3n) is 3.38. The largest absolute Gasteiger partial charge is 0.469 e. The van der Waals surface area contributed by atoms with Gasteiger partial charge in [0.25, 0.3) is 0 Å². The normalized spacial score (nSPS) is 21.2. The zero-order chi connectivity index (χ0) is 15.3. The molecule has 2 atom stereocenters. The van der Waals surface area contributed by atoms with Gasteiger partial charge in [0, 0.05) is 11.1 Å². The second-order valence-corrected chi connectivity index (χ2v) is 5.99. The topological polar surface area (TPSA) is 55.7 Å². The van der Waals surface area contributed by atoms with Crippen LogP contribution >= 0.6 is 11.8 Å². The van der Waals surface area contributed by atoms with E-state index in [1.807, 2.05) is 30.3 Å². The Hall–Kier alpha value is -1.88. The van der Waals surface area contributed by atoms with E-state index in [1.165, 1.54) is 25.8 Å². The lowest BCUT2D eigenvalue weighted by Crippen LogP contribution is -2.43. The van der Waals surface area contributed by atoms with Crippen molar-refractivity contribution in [2.75, 3.05) is 7.11 Å². The number of carbonyl (C=O) groups excluding carboxylic acids is 2. The minimum Gasteiger partial charge on any atom is -0.469 e. The fourth-order valence-electron chi connectivity index (χ4n) is 2.21. The van der Waals surface area contributed by atoms with Crippen molar-refractivity contribution in [2.24, 2.45) is 4.99 Å². The molecule has 0 bridgehead atoms. The summed E-state index contributed by atoms with van der Waals surface area (Å²) in [7, 11) is 1.35. The Balaban J connectivity index is 2.31. The summed E-state index contributed by atoms with van der Waals surface area (Å²) in [6, 6.07) is 9.67. The van der Waals surface area contributed by atoms with E-state index < -0.39 is 5.54 Å². The molecule has 0 fully saturated rings. The zero-order valence-corrected chi connectivity index (χ0v) is 12.8. The summed E-state index contributed by atoms with van der Waals surface area (Å²) in [5.41, 5.74) is -0.991. The van der Waals surface area contributed by atoms with E-state index in [2.05, 4.69) is 4.99 Å². The maximum absolute atomic E-state index is 12.1. The molecule has 1 heterocycles. The third kappa shape index (κ3) is 3.42. The molecule has 0 aromatic heterocycles. The Morgan fingerprint density at radius 3 is 2.57 bits per heavy atom. The smallest absolute Gasteiger partial charge is 0.306 e. The highest BCUT2D eigenvalue weighted by atomic mass is 32.2. The van der Waals surface area contributed by atoms with Gasteiger partial charge in [-0.05, 0) is 31.2 Å². The monoisotopic (exact) mass is 303 g/mol. The Kier molecular flexibility index (Phi) is 4.96. The van der Waals surface area contributed by atoms with E-state index in [0.717, 1.165) is 4.90 Å². The number of ketones is 1. The van der Waals surface area contributed by atoms with Crippen molar-refractivity contribution in [3.63, 3.8) is 0 Å². The van der Waals surface area contributed by atoms with Crippen LogP contribution in [0.1, 0.15) is 13.3 Å². The molecule has 0 saturated heterocycles. The van der Waals surface area contributed by atoms with Gasteiger partial charge in [-0.3, -0.25) is 14.6 Å². The Morgan fingerprint density at radius 2 is 2.05 bits per heavy atom. The molecule has 1 aromatic rings. The average Bonchev–Trinajstić information content (AvgIpc) is 2.98. The van der Waals surface area contributed by atoms with Crippen molar-refractivity contribution in [3.8, 4) is 0 Å². The van der Waals surface area contributed by atoms with Crippen molar-refractivity contribution in [2.45, 2.75) is 29.0 Å². The van der Waals surface area contributed by atoms with E-state index in [4.69, 9.17) is 4.74 Å². The van der Waals surface area contributed by atoms with E-state index in [0.29, 0.717) is 0 Å². The van der Waals surface area contributed by atoms with Crippen LogP contribution in [0.4, 0.5) is 0 Å². The quantitative estimate of drug-likeness (QED) is 0.599. The highest BCUT2D eigenvalue weighted by Crippen LogP contribution is 2.38. The van der Waals surface area contributed by atoms with Crippen LogP contribution in [0.2, 0.25) is 0 Å². The number of Topliss-reactive ketones (excluding diaryl/α,β-unsaturated/α-hetero) is 1. The van der Waals surface area contributed by atoms with Crippen LogP contribution in [0.3, 0.4) is 0 Å². The number of esters is 1. The maximum Gasteiger partial charge on any atom is 0.306 e. The summed E-state index contributed by atoms with van der Waals surface area (Å²) in [6.45, 7) is 1.50. The van der Waals surface area contributed by atoms with Gasteiger partial charge in [0.15, 0.2) is 5.78 Å². The number of aliphatic imine (C=N–C) groups is 1. The molecule has 0 aliphatic carbocycles. The average molecular weight is 303 g/mol. The number of hydrogen-bond acceptors (Lipinski definition) is 5. The molecule has 0 N–H and O–H groups in total. The number of benzene rings is 1. The fraction of sp³-hybridized carbons (Fsp3) is 0.312. The van der Waals surface area contributed by atoms with Crippen molar-refractivity contribution in [3.05, 3.63) is 42.5 Å². The van der Waals surface area contributed by atoms with Gasteiger partial charge in [-0.25, -0.2) is 0 Å². The lowest BCUT2D eigenvalue weighted by Gasteiger charge is -2.30. The number of thioether (sulfide) groups is 1. The van der Waals surface area contributed by atoms with E-state index in [9.17, 15) is 9.59 Å². The molecule has 2 rings (SSSR count). The molecule has 1 aromatic carbocycles. The number of methoxy groups -OCH3 is 1. The minimum atomic E-state index is -0.991. The minimum absolute atomic E-state index is 0.0789.